The SMILES string of the molecule is C=C[C@@]12CCC[C@H]1[C@@H]1CCc3cc(O)ccc3[C@H]1CC2. The van der Waals surface area contributed by atoms with Gasteiger partial charge in [0.25, 0.3) is 0 Å². The van der Waals surface area contributed by atoms with Crippen LogP contribution < -0.4 is 0 Å². The molecule has 3 aliphatic rings. The van der Waals surface area contributed by atoms with Gasteiger partial charge < -0.3 is 5.11 Å². The van der Waals surface area contributed by atoms with E-state index < -0.39 is 0 Å². The Morgan fingerprint density at radius 1 is 1.20 bits per heavy atom. The number of phenolic OH excluding ortho intramolecular Hbond substituents is 1. The van der Waals surface area contributed by atoms with Gasteiger partial charge in [-0.2, -0.15) is 0 Å². The third-order valence-corrected chi connectivity index (χ3v) is 6.53. The van der Waals surface area contributed by atoms with E-state index in [1.807, 2.05) is 12.1 Å². The number of hydrogen-bond acceptors (Lipinski definition) is 1. The number of aromatic hydroxyl groups is 1. The van der Waals surface area contributed by atoms with Gasteiger partial charge in [0, 0.05) is 0 Å². The number of benzene rings is 1. The molecule has 1 heteroatoms. The van der Waals surface area contributed by atoms with E-state index in [4.69, 9.17) is 0 Å². The van der Waals surface area contributed by atoms with Gasteiger partial charge in [-0.15, -0.1) is 6.58 Å². The summed E-state index contributed by atoms with van der Waals surface area (Å²) in [7, 11) is 0. The first-order chi connectivity index (χ1) is 9.73. The molecule has 0 saturated heterocycles. The van der Waals surface area contributed by atoms with E-state index in [0.717, 1.165) is 24.2 Å². The minimum atomic E-state index is 0.430. The Balaban J connectivity index is 1.72. The van der Waals surface area contributed by atoms with Gasteiger partial charge in [0.1, 0.15) is 5.75 Å². The van der Waals surface area contributed by atoms with Crippen LogP contribution in [0.2, 0.25) is 0 Å². The molecule has 0 bridgehead atoms. The smallest absolute Gasteiger partial charge is 0.115 e. The number of rotatable bonds is 1. The number of hydrogen-bond donors (Lipinski definition) is 1. The molecule has 0 spiro atoms. The van der Waals surface area contributed by atoms with Crippen LogP contribution in [0.15, 0.2) is 30.9 Å². The maximum atomic E-state index is 9.70. The monoisotopic (exact) mass is 268 g/mol. The molecule has 20 heavy (non-hydrogen) atoms. The number of allylic oxidation sites excluding steroid dienone is 1. The zero-order chi connectivity index (χ0) is 13.7. The third kappa shape index (κ3) is 1.62. The van der Waals surface area contributed by atoms with Crippen LogP contribution >= 0.6 is 0 Å². The molecule has 0 amide bonds. The van der Waals surface area contributed by atoms with Gasteiger partial charge in [-0.1, -0.05) is 18.6 Å². The molecule has 4 atom stereocenters. The fourth-order valence-electron chi connectivity index (χ4n) is 5.63. The van der Waals surface area contributed by atoms with Gasteiger partial charge in [0.15, 0.2) is 0 Å². The van der Waals surface area contributed by atoms with Crippen molar-refractivity contribution in [2.45, 2.75) is 50.9 Å². The second-order valence-electron chi connectivity index (χ2n) is 7.17. The summed E-state index contributed by atoms with van der Waals surface area (Å²) in [6, 6.07) is 6.07. The fraction of sp³-hybridized carbons (Fsp3) is 0.579. The van der Waals surface area contributed by atoms with Gasteiger partial charge in [0.05, 0.1) is 0 Å². The standard InChI is InChI=1S/C19H24O/c1-2-19-10-3-4-18(19)17-7-5-13-12-14(20)6-8-15(13)16(17)9-11-19/h2,6,8,12,16-18,20H,1,3-5,7,9-11H2/t16-,17-,18+,19+/m1/s1. The molecule has 0 aliphatic heterocycles. The Morgan fingerprint density at radius 2 is 2.10 bits per heavy atom. The summed E-state index contributed by atoms with van der Waals surface area (Å²) in [6.07, 6.45) is 11.5. The molecule has 3 aliphatic carbocycles. The van der Waals surface area contributed by atoms with Gasteiger partial charge in [0.2, 0.25) is 0 Å². The Kier molecular flexibility index (Phi) is 2.73. The molecular formula is C19H24O. The zero-order valence-electron chi connectivity index (χ0n) is 12.1. The van der Waals surface area contributed by atoms with Crippen molar-refractivity contribution in [3.8, 4) is 5.75 Å². The Labute approximate surface area is 121 Å². The largest absolute Gasteiger partial charge is 0.508 e. The van der Waals surface area contributed by atoms with Crippen molar-refractivity contribution in [2.75, 3.05) is 0 Å². The number of phenols is 1. The quantitative estimate of drug-likeness (QED) is 0.725. The van der Waals surface area contributed by atoms with Crippen molar-refractivity contribution in [2.24, 2.45) is 17.3 Å². The van der Waals surface area contributed by atoms with Crippen LogP contribution in [0.3, 0.4) is 0 Å². The second kappa shape index (κ2) is 4.38. The van der Waals surface area contributed by atoms with E-state index in [9.17, 15) is 5.11 Å². The van der Waals surface area contributed by atoms with Crippen molar-refractivity contribution in [3.63, 3.8) is 0 Å². The molecule has 4 rings (SSSR count). The summed E-state index contributed by atoms with van der Waals surface area (Å²) in [4.78, 5) is 0. The van der Waals surface area contributed by atoms with E-state index in [2.05, 4.69) is 18.7 Å². The van der Waals surface area contributed by atoms with Crippen LogP contribution in [0.1, 0.15) is 55.6 Å². The summed E-state index contributed by atoms with van der Waals surface area (Å²) >= 11 is 0. The van der Waals surface area contributed by atoms with Crippen molar-refractivity contribution in [1.29, 1.82) is 0 Å². The number of fused-ring (bicyclic) bond motifs is 5. The van der Waals surface area contributed by atoms with Crippen LogP contribution in [0.4, 0.5) is 0 Å². The lowest BCUT2D eigenvalue weighted by Crippen LogP contribution is -2.40. The lowest BCUT2D eigenvalue weighted by atomic mass is 9.55. The van der Waals surface area contributed by atoms with E-state index >= 15 is 0 Å². The van der Waals surface area contributed by atoms with Crippen molar-refractivity contribution in [3.05, 3.63) is 42.0 Å². The molecule has 1 nitrogen and oxygen atoms in total. The van der Waals surface area contributed by atoms with E-state index in [1.54, 1.807) is 0 Å². The topological polar surface area (TPSA) is 20.2 Å². The normalized spacial score (nSPS) is 38.7. The average molecular weight is 268 g/mol. The highest BCUT2D eigenvalue weighted by Crippen LogP contribution is 2.61. The fourth-order valence-corrected chi connectivity index (χ4v) is 5.63. The summed E-state index contributed by atoms with van der Waals surface area (Å²) in [6.45, 7) is 4.18. The minimum Gasteiger partial charge on any atom is -0.508 e. The molecule has 0 heterocycles. The van der Waals surface area contributed by atoms with Crippen molar-refractivity contribution in [1.82, 2.24) is 0 Å². The molecule has 2 fully saturated rings. The summed E-state index contributed by atoms with van der Waals surface area (Å²) in [5.41, 5.74) is 3.38. The Hall–Kier alpha value is -1.24. The van der Waals surface area contributed by atoms with Gasteiger partial charge in [-0.3, -0.25) is 0 Å². The third-order valence-electron chi connectivity index (χ3n) is 6.53. The maximum Gasteiger partial charge on any atom is 0.115 e. The highest BCUT2D eigenvalue weighted by atomic mass is 16.3. The Morgan fingerprint density at radius 3 is 2.95 bits per heavy atom. The second-order valence-corrected chi connectivity index (χ2v) is 7.17. The summed E-state index contributed by atoms with van der Waals surface area (Å²) < 4.78 is 0. The predicted octanol–water partition coefficient (Wildman–Crippen LogP) is 4.80. The highest BCUT2D eigenvalue weighted by molar-refractivity contribution is 5.40. The van der Waals surface area contributed by atoms with Crippen LogP contribution in [-0.2, 0) is 6.42 Å². The maximum absolute atomic E-state index is 9.70. The molecule has 1 aromatic carbocycles. The molecule has 1 N–H and O–H groups in total. The molecular weight excluding hydrogens is 244 g/mol. The Bertz CT molecular complexity index is 547. The van der Waals surface area contributed by atoms with E-state index in [1.165, 1.54) is 49.7 Å². The van der Waals surface area contributed by atoms with E-state index in [-0.39, 0.29) is 0 Å². The molecule has 1 aromatic rings. The average Bonchev–Trinajstić information content (AvgIpc) is 2.91. The lowest BCUT2D eigenvalue weighted by molar-refractivity contribution is 0.0831. The van der Waals surface area contributed by atoms with Gasteiger partial charge in [-0.25, -0.2) is 0 Å². The molecule has 0 aromatic heterocycles. The molecule has 0 radical (unpaired) electrons. The summed E-state index contributed by atoms with van der Waals surface area (Å²) in [5, 5.41) is 9.70. The van der Waals surface area contributed by atoms with Crippen LogP contribution in [-0.4, -0.2) is 5.11 Å². The molecule has 106 valence electrons. The lowest BCUT2D eigenvalue weighted by Gasteiger charge is -2.49. The van der Waals surface area contributed by atoms with Crippen molar-refractivity contribution >= 4 is 0 Å². The highest BCUT2D eigenvalue weighted by Gasteiger charge is 2.51. The first-order valence-electron chi connectivity index (χ1n) is 8.19. The first-order valence-corrected chi connectivity index (χ1v) is 8.19. The predicted molar refractivity (Wildman–Crippen MR) is 81.9 cm³/mol. The minimum absolute atomic E-state index is 0.430. The number of aryl methyl sites for hydroxylation is 1. The van der Waals surface area contributed by atoms with Crippen LogP contribution in [0.5, 0.6) is 5.75 Å². The first kappa shape index (κ1) is 12.5. The summed E-state index contributed by atoms with van der Waals surface area (Å²) in [5.74, 6) is 2.87. The van der Waals surface area contributed by atoms with Gasteiger partial charge >= 0.3 is 0 Å². The van der Waals surface area contributed by atoms with Crippen LogP contribution in [0, 0.1) is 17.3 Å². The zero-order valence-corrected chi connectivity index (χ0v) is 12.1. The van der Waals surface area contributed by atoms with E-state index in [0.29, 0.717) is 11.2 Å². The van der Waals surface area contributed by atoms with Crippen molar-refractivity contribution < 1.29 is 5.11 Å². The molecule has 0 unspecified atom stereocenters. The van der Waals surface area contributed by atoms with Gasteiger partial charge in [-0.05, 0) is 85.0 Å². The molecule has 2 saturated carbocycles. The van der Waals surface area contributed by atoms with Crippen LogP contribution in [0.25, 0.3) is 0 Å².